The summed E-state index contributed by atoms with van der Waals surface area (Å²) in [6.07, 6.45) is 2.20. The lowest BCUT2D eigenvalue weighted by atomic mass is 10.1. The van der Waals surface area contributed by atoms with E-state index in [0.717, 1.165) is 60.9 Å². The Morgan fingerprint density at radius 2 is 2.15 bits per heavy atom. The Bertz CT molecular complexity index is 717. The molecule has 1 aromatic heterocycles. The fraction of sp³-hybridized carbons (Fsp3) is 0.579. The Morgan fingerprint density at radius 3 is 2.85 bits per heavy atom. The van der Waals surface area contributed by atoms with Crippen LogP contribution in [0.15, 0.2) is 22.8 Å². The Labute approximate surface area is 154 Å². The molecule has 3 rings (SSSR count). The molecule has 0 spiro atoms. The van der Waals surface area contributed by atoms with E-state index in [-0.39, 0.29) is 6.04 Å². The van der Waals surface area contributed by atoms with Gasteiger partial charge in [-0.25, -0.2) is 4.63 Å². The van der Waals surface area contributed by atoms with Crippen LogP contribution in [-0.4, -0.2) is 61.0 Å². The molecule has 1 atom stereocenters. The minimum atomic E-state index is 0.238. The molecule has 1 saturated heterocycles. The first kappa shape index (κ1) is 18.7. The van der Waals surface area contributed by atoms with Gasteiger partial charge in [-0.05, 0) is 46.5 Å². The highest BCUT2D eigenvalue weighted by Gasteiger charge is 2.31. The van der Waals surface area contributed by atoms with Crippen molar-refractivity contribution < 1.29 is 14.1 Å². The Balaban J connectivity index is 1.79. The highest BCUT2D eigenvalue weighted by Crippen LogP contribution is 2.37. The van der Waals surface area contributed by atoms with Gasteiger partial charge in [0.15, 0.2) is 11.5 Å². The lowest BCUT2D eigenvalue weighted by Crippen LogP contribution is -2.24. The molecule has 2 aromatic rings. The maximum atomic E-state index is 6.09. The van der Waals surface area contributed by atoms with Crippen molar-refractivity contribution in [2.45, 2.75) is 32.4 Å². The standard InChI is InChI=1S/C19H28N4O3/c1-14-18(21-26-20-14)16-8-6-10-23(16)13-15-7-5-9-17(24-4)19(15)25-12-11-22(2)3/h5,7,9,16H,6,8,10-13H2,1-4H3. The van der Waals surface area contributed by atoms with Gasteiger partial charge in [0.1, 0.15) is 18.0 Å². The first-order chi connectivity index (χ1) is 12.6. The highest BCUT2D eigenvalue weighted by molar-refractivity contribution is 5.46. The van der Waals surface area contributed by atoms with E-state index in [4.69, 9.17) is 14.1 Å². The maximum absolute atomic E-state index is 6.09. The number of para-hydroxylation sites is 1. The summed E-state index contributed by atoms with van der Waals surface area (Å²) >= 11 is 0. The predicted molar refractivity (Wildman–Crippen MR) is 98.5 cm³/mol. The van der Waals surface area contributed by atoms with E-state index in [2.05, 4.69) is 26.2 Å². The average molecular weight is 360 g/mol. The summed E-state index contributed by atoms with van der Waals surface area (Å²) in [6, 6.07) is 6.31. The van der Waals surface area contributed by atoms with Crippen molar-refractivity contribution >= 4 is 0 Å². The summed E-state index contributed by atoms with van der Waals surface area (Å²) in [4.78, 5) is 4.52. The second-order valence-electron chi connectivity index (χ2n) is 6.96. The second kappa shape index (κ2) is 8.51. The van der Waals surface area contributed by atoms with Gasteiger partial charge in [0, 0.05) is 18.7 Å². The maximum Gasteiger partial charge on any atom is 0.165 e. The van der Waals surface area contributed by atoms with Crippen LogP contribution in [0, 0.1) is 6.92 Å². The minimum absolute atomic E-state index is 0.238. The van der Waals surface area contributed by atoms with Crippen LogP contribution in [0.3, 0.4) is 0 Å². The molecule has 0 amide bonds. The number of rotatable bonds is 8. The molecule has 2 heterocycles. The topological polar surface area (TPSA) is 63.9 Å². The van der Waals surface area contributed by atoms with Gasteiger partial charge in [-0.3, -0.25) is 4.90 Å². The van der Waals surface area contributed by atoms with Crippen molar-refractivity contribution in [2.75, 3.05) is 40.9 Å². The normalized spacial score (nSPS) is 17.8. The lowest BCUT2D eigenvalue weighted by Gasteiger charge is -2.25. The molecule has 0 N–H and O–H groups in total. The number of aryl methyl sites for hydroxylation is 1. The molecule has 0 radical (unpaired) electrons. The molecule has 0 saturated carbocycles. The highest BCUT2D eigenvalue weighted by atomic mass is 16.6. The van der Waals surface area contributed by atoms with Gasteiger partial charge in [0.25, 0.3) is 0 Å². The number of ether oxygens (including phenoxy) is 2. The fourth-order valence-corrected chi connectivity index (χ4v) is 3.42. The van der Waals surface area contributed by atoms with E-state index in [9.17, 15) is 0 Å². The van der Waals surface area contributed by atoms with E-state index in [1.807, 2.05) is 33.2 Å². The quantitative estimate of drug-likeness (QED) is 0.717. The zero-order valence-electron chi connectivity index (χ0n) is 16.1. The second-order valence-corrected chi connectivity index (χ2v) is 6.96. The third-order valence-corrected chi connectivity index (χ3v) is 4.81. The van der Waals surface area contributed by atoms with Gasteiger partial charge in [-0.15, -0.1) is 0 Å². The van der Waals surface area contributed by atoms with Crippen LogP contribution in [0.4, 0.5) is 0 Å². The Kier molecular flexibility index (Phi) is 6.11. The van der Waals surface area contributed by atoms with Crippen LogP contribution in [0.5, 0.6) is 11.5 Å². The zero-order valence-corrected chi connectivity index (χ0v) is 16.1. The molecular formula is C19H28N4O3. The SMILES string of the molecule is COc1cccc(CN2CCCC2c2nonc2C)c1OCCN(C)C. The molecule has 7 heteroatoms. The van der Waals surface area contributed by atoms with Crippen molar-refractivity contribution in [3.63, 3.8) is 0 Å². The molecule has 0 aliphatic carbocycles. The molecule has 1 aromatic carbocycles. The van der Waals surface area contributed by atoms with Crippen molar-refractivity contribution in [1.29, 1.82) is 0 Å². The molecule has 26 heavy (non-hydrogen) atoms. The van der Waals surface area contributed by atoms with E-state index in [1.165, 1.54) is 0 Å². The third-order valence-electron chi connectivity index (χ3n) is 4.81. The van der Waals surface area contributed by atoms with E-state index < -0.39 is 0 Å². The zero-order chi connectivity index (χ0) is 18.5. The van der Waals surface area contributed by atoms with Crippen LogP contribution in [0.2, 0.25) is 0 Å². The van der Waals surface area contributed by atoms with Crippen LogP contribution in [0.25, 0.3) is 0 Å². The van der Waals surface area contributed by atoms with Gasteiger partial charge in [0.2, 0.25) is 0 Å². The number of aromatic nitrogens is 2. The van der Waals surface area contributed by atoms with E-state index >= 15 is 0 Å². The molecular weight excluding hydrogens is 332 g/mol. The van der Waals surface area contributed by atoms with E-state index in [0.29, 0.717) is 6.61 Å². The minimum Gasteiger partial charge on any atom is -0.493 e. The summed E-state index contributed by atoms with van der Waals surface area (Å²) < 4.78 is 16.5. The summed E-state index contributed by atoms with van der Waals surface area (Å²) in [6.45, 7) is 5.23. The molecule has 0 bridgehead atoms. The lowest BCUT2D eigenvalue weighted by molar-refractivity contribution is 0.218. The smallest absolute Gasteiger partial charge is 0.165 e. The largest absolute Gasteiger partial charge is 0.493 e. The van der Waals surface area contributed by atoms with Crippen LogP contribution >= 0.6 is 0 Å². The molecule has 7 nitrogen and oxygen atoms in total. The van der Waals surface area contributed by atoms with Crippen LogP contribution in [0.1, 0.15) is 35.8 Å². The molecule has 1 aliphatic rings. The monoisotopic (exact) mass is 360 g/mol. The average Bonchev–Trinajstić information content (AvgIpc) is 3.24. The predicted octanol–water partition coefficient (Wildman–Crippen LogP) is 2.66. The molecule has 1 aliphatic heterocycles. The number of hydrogen-bond acceptors (Lipinski definition) is 7. The van der Waals surface area contributed by atoms with Gasteiger partial charge >= 0.3 is 0 Å². The van der Waals surface area contributed by atoms with Crippen molar-refractivity contribution in [3.8, 4) is 11.5 Å². The number of likely N-dealkylation sites (tertiary alicyclic amines) is 1. The van der Waals surface area contributed by atoms with Gasteiger partial charge in [-0.1, -0.05) is 22.4 Å². The summed E-state index contributed by atoms with van der Waals surface area (Å²) in [5.41, 5.74) is 2.94. The van der Waals surface area contributed by atoms with Crippen molar-refractivity contribution in [2.24, 2.45) is 0 Å². The van der Waals surface area contributed by atoms with E-state index in [1.54, 1.807) is 7.11 Å². The first-order valence-corrected chi connectivity index (χ1v) is 9.06. The number of methoxy groups -OCH3 is 1. The summed E-state index contributed by atoms with van der Waals surface area (Å²) in [5.74, 6) is 1.61. The van der Waals surface area contributed by atoms with Gasteiger partial charge in [-0.2, -0.15) is 0 Å². The molecule has 1 unspecified atom stereocenters. The number of benzene rings is 1. The van der Waals surface area contributed by atoms with Crippen LogP contribution in [-0.2, 0) is 6.54 Å². The van der Waals surface area contributed by atoms with Gasteiger partial charge in [0.05, 0.1) is 13.2 Å². The Morgan fingerprint density at radius 1 is 1.31 bits per heavy atom. The number of hydrogen-bond donors (Lipinski definition) is 0. The third kappa shape index (κ3) is 4.16. The summed E-state index contributed by atoms with van der Waals surface area (Å²) in [7, 11) is 5.76. The molecule has 1 fully saturated rings. The fourth-order valence-electron chi connectivity index (χ4n) is 3.42. The molecule has 142 valence electrons. The summed E-state index contributed by atoms with van der Waals surface area (Å²) in [5, 5.41) is 8.07. The van der Waals surface area contributed by atoms with Crippen molar-refractivity contribution in [1.82, 2.24) is 20.1 Å². The van der Waals surface area contributed by atoms with Crippen molar-refractivity contribution in [3.05, 3.63) is 35.2 Å². The Hall–Kier alpha value is -2.12. The first-order valence-electron chi connectivity index (χ1n) is 9.06. The van der Waals surface area contributed by atoms with Gasteiger partial charge < -0.3 is 14.4 Å². The van der Waals surface area contributed by atoms with Crippen LogP contribution < -0.4 is 9.47 Å². The number of likely N-dealkylation sites (N-methyl/N-ethyl adjacent to an activating group) is 1. The number of nitrogens with zero attached hydrogens (tertiary/aromatic N) is 4.